The van der Waals surface area contributed by atoms with Crippen molar-refractivity contribution >= 4 is 26.6 Å². The number of ether oxygens (including phenoxy) is 2. The minimum absolute atomic E-state index is 0.0210. The Labute approximate surface area is 168 Å². The molecule has 0 radical (unpaired) electrons. The number of nitrogens with one attached hydrogen (secondary N) is 1. The second-order valence-electron chi connectivity index (χ2n) is 6.41. The summed E-state index contributed by atoms with van der Waals surface area (Å²) in [5.74, 6) is 1.48. The highest BCUT2D eigenvalue weighted by atomic mass is 32.2. The minimum Gasteiger partial charge on any atom is -0.485 e. The van der Waals surface area contributed by atoms with Crippen LogP contribution in [0.3, 0.4) is 0 Å². The van der Waals surface area contributed by atoms with Gasteiger partial charge in [0.2, 0.25) is 5.12 Å². The standard InChI is InChI=1S/C19H31NO5SSi/c21-19(15-22-17-7-2-1-3-8-17)26-13-5-4-12-24-25-16-23-18-9-6-14-27-20-11-10-18/h1-3,7-8,18,20H,4-6,9-16,27H2. The first-order valence-electron chi connectivity index (χ1n) is 9.75. The largest absolute Gasteiger partial charge is 0.485 e. The molecule has 0 amide bonds. The van der Waals surface area contributed by atoms with Crippen molar-refractivity contribution in [2.75, 3.05) is 32.3 Å². The van der Waals surface area contributed by atoms with Crippen LogP contribution in [0.25, 0.3) is 0 Å². The van der Waals surface area contributed by atoms with E-state index in [9.17, 15) is 4.79 Å². The van der Waals surface area contributed by atoms with Crippen molar-refractivity contribution in [2.45, 2.75) is 44.3 Å². The lowest BCUT2D eigenvalue weighted by Crippen LogP contribution is -2.28. The monoisotopic (exact) mass is 413 g/mol. The summed E-state index contributed by atoms with van der Waals surface area (Å²) in [4.78, 5) is 25.5. The first-order valence-corrected chi connectivity index (χ1v) is 12.4. The Hall–Kier alpha value is -0.903. The maximum Gasteiger partial charge on any atom is 0.226 e. The first-order chi connectivity index (χ1) is 13.3. The molecule has 1 aliphatic heterocycles. The zero-order valence-electron chi connectivity index (χ0n) is 15.9. The number of unbranched alkanes of at least 4 members (excludes halogenated alkanes) is 1. The molecule has 1 N–H and O–H groups in total. The smallest absolute Gasteiger partial charge is 0.226 e. The van der Waals surface area contributed by atoms with Crippen LogP contribution in [0.1, 0.15) is 32.1 Å². The van der Waals surface area contributed by atoms with Crippen molar-refractivity contribution < 1.29 is 24.0 Å². The lowest BCUT2D eigenvalue weighted by molar-refractivity contribution is -0.342. The number of carbonyl (C=O) groups excluding carboxylic acids is 1. The predicted molar refractivity (Wildman–Crippen MR) is 111 cm³/mol. The van der Waals surface area contributed by atoms with E-state index in [1.165, 1.54) is 24.2 Å². The van der Waals surface area contributed by atoms with Crippen LogP contribution < -0.4 is 9.72 Å². The topological polar surface area (TPSA) is 66.0 Å². The molecule has 1 aromatic rings. The van der Waals surface area contributed by atoms with Gasteiger partial charge in [-0.1, -0.05) is 36.4 Å². The highest BCUT2D eigenvalue weighted by molar-refractivity contribution is 8.13. The Kier molecular flexibility index (Phi) is 12.5. The molecule has 1 unspecified atom stereocenters. The van der Waals surface area contributed by atoms with Gasteiger partial charge in [0.25, 0.3) is 0 Å². The average Bonchev–Trinajstić information content (AvgIpc) is 2.67. The molecule has 1 heterocycles. The molecule has 27 heavy (non-hydrogen) atoms. The third-order valence-corrected chi connectivity index (χ3v) is 6.69. The third-order valence-electron chi connectivity index (χ3n) is 4.19. The molecule has 1 aliphatic rings. The van der Waals surface area contributed by atoms with Crippen molar-refractivity contribution in [1.82, 2.24) is 4.98 Å². The van der Waals surface area contributed by atoms with Gasteiger partial charge in [-0.15, -0.1) is 0 Å². The van der Waals surface area contributed by atoms with Crippen molar-refractivity contribution in [2.24, 2.45) is 0 Å². The lowest BCUT2D eigenvalue weighted by atomic mass is 10.1. The van der Waals surface area contributed by atoms with E-state index in [0.29, 0.717) is 6.61 Å². The minimum atomic E-state index is -0.0210. The quantitative estimate of drug-likeness (QED) is 0.186. The highest BCUT2D eigenvalue weighted by Gasteiger charge is 2.11. The maximum absolute atomic E-state index is 11.7. The summed E-state index contributed by atoms with van der Waals surface area (Å²) in [6.45, 7) is 1.86. The third kappa shape index (κ3) is 11.5. The van der Waals surface area contributed by atoms with Crippen molar-refractivity contribution in [1.29, 1.82) is 0 Å². The van der Waals surface area contributed by atoms with Gasteiger partial charge in [0.1, 0.15) is 5.75 Å². The first kappa shape index (κ1) is 22.4. The van der Waals surface area contributed by atoms with Gasteiger partial charge in [0.05, 0.1) is 22.4 Å². The zero-order chi connectivity index (χ0) is 19.0. The van der Waals surface area contributed by atoms with E-state index in [2.05, 4.69) is 4.98 Å². The van der Waals surface area contributed by atoms with Gasteiger partial charge in [-0.05, 0) is 50.4 Å². The Bertz CT molecular complexity index is 500. The van der Waals surface area contributed by atoms with Crippen LogP contribution in [-0.4, -0.2) is 53.2 Å². The molecule has 1 atom stereocenters. The zero-order valence-corrected chi connectivity index (χ0v) is 18.1. The molecule has 0 spiro atoms. The van der Waals surface area contributed by atoms with Crippen LogP contribution in [0.2, 0.25) is 6.04 Å². The highest BCUT2D eigenvalue weighted by Crippen LogP contribution is 2.12. The van der Waals surface area contributed by atoms with Gasteiger partial charge in [-0.25, -0.2) is 9.78 Å². The van der Waals surface area contributed by atoms with Crippen LogP contribution in [0, 0.1) is 0 Å². The fraction of sp³-hybridized carbons (Fsp3) is 0.632. The number of hydrogen-bond donors (Lipinski definition) is 1. The second-order valence-corrected chi connectivity index (χ2v) is 9.27. The number of benzene rings is 1. The summed E-state index contributed by atoms with van der Waals surface area (Å²) in [5, 5.41) is 0.0424. The van der Waals surface area contributed by atoms with E-state index in [1.807, 2.05) is 30.3 Å². The predicted octanol–water partition coefficient (Wildman–Crippen LogP) is 2.67. The van der Waals surface area contributed by atoms with E-state index < -0.39 is 0 Å². The Morgan fingerprint density at radius 3 is 2.96 bits per heavy atom. The summed E-state index contributed by atoms with van der Waals surface area (Å²) in [7, 11) is -0.0210. The molecule has 152 valence electrons. The molecular formula is C19H31NO5SSi. The fourth-order valence-corrected chi connectivity index (χ4v) is 4.65. The van der Waals surface area contributed by atoms with Gasteiger partial charge in [-0.3, -0.25) is 4.79 Å². The molecule has 8 heteroatoms. The van der Waals surface area contributed by atoms with Gasteiger partial charge in [-0.2, -0.15) is 0 Å². The van der Waals surface area contributed by atoms with Gasteiger partial charge in [0.15, 0.2) is 13.4 Å². The number of thioether (sulfide) groups is 1. The fourth-order valence-electron chi connectivity index (χ4n) is 2.69. The van der Waals surface area contributed by atoms with Crippen molar-refractivity contribution in [3.05, 3.63) is 30.3 Å². The summed E-state index contributed by atoms with van der Waals surface area (Å²) >= 11 is 1.30. The Balaban J connectivity index is 1.36. The Morgan fingerprint density at radius 1 is 1.19 bits per heavy atom. The molecule has 0 bridgehead atoms. The van der Waals surface area contributed by atoms with E-state index in [1.54, 1.807) is 0 Å². The summed E-state index contributed by atoms with van der Waals surface area (Å²) < 4.78 is 11.1. The van der Waals surface area contributed by atoms with Crippen LogP contribution in [0.15, 0.2) is 30.3 Å². The maximum atomic E-state index is 11.7. The second kappa shape index (κ2) is 15.1. The van der Waals surface area contributed by atoms with Gasteiger partial charge >= 0.3 is 0 Å². The van der Waals surface area contributed by atoms with Crippen LogP contribution in [0.4, 0.5) is 0 Å². The van der Waals surface area contributed by atoms with Crippen molar-refractivity contribution in [3.63, 3.8) is 0 Å². The van der Waals surface area contributed by atoms with E-state index in [-0.39, 0.29) is 34.3 Å². The number of hydrogen-bond acceptors (Lipinski definition) is 7. The number of para-hydroxylation sites is 1. The molecule has 0 aromatic heterocycles. The molecule has 1 aromatic carbocycles. The van der Waals surface area contributed by atoms with Gasteiger partial charge < -0.3 is 14.5 Å². The molecule has 0 aliphatic carbocycles. The summed E-state index contributed by atoms with van der Waals surface area (Å²) in [5.41, 5.74) is 0. The number of rotatable bonds is 12. The lowest BCUT2D eigenvalue weighted by Gasteiger charge is -2.20. The van der Waals surface area contributed by atoms with Crippen molar-refractivity contribution in [3.8, 4) is 5.75 Å². The number of carbonyl (C=O) groups is 1. The molecule has 2 rings (SSSR count). The van der Waals surface area contributed by atoms with E-state index >= 15 is 0 Å². The summed E-state index contributed by atoms with van der Waals surface area (Å²) in [6, 6.07) is 10.7. The normalized spacial score (nSPS) is 18.7. The Morgan fingerprint density at radius 2 is 2.07 bits per heavy atom. The van der Waals surface area contributed by atoms with Crippen LogP contribution >= 0.6 is 11.8 Å². The summed E-state index contributed by atoms with van der Waals surface area (Å²) in [6.07, 6.45) is 5.43. The molecule has 0 saturated carbocycles. The molecule has 6 nitrogen and oxygen atoms in total. The van der Waals surface area contributed by atoms with Crippen LogP contribution in [-0.2, 0) is 19.3 Å². The molecular weight excluding hydrogens is 382 g/mol. The van der Waals surface area contributed by atoms with Gasteiger partial charge in [0, 0.05) is 5.75 Å². The molecule has 1 saturated heterocycles. The average molecular weight is 414 g/mol. The molecule has 1 fully saturated rings. The van der Waals surface area contributed by atoms with Crippen LogP contribution in [0.5, 0.6) is 5.75 Å². The SMILES string of the molecule is O=C(COc1ccccc1)SCCCCOOCOC1CCC[SiH2]NCC1. The van der Waals surface area contributed by atoms with E-state index in [0.717, 1.165) is 43.7 Å². The van der Waals surface area contributed by atoms with E-state index in [4.69, 9.17) is 19.2 Å².